The van der Waals surface area contributed by atoms with E-state index in [0.717, 1.165) is 30.4 Å². The van der Waals surface area contributed by atoms with Crippen molar-refractivity contribution in [3.63, 3.8) is 0 Å². The summed E-state index contributed by atoms with van der Waals surface area (Å²) in [5.74, 6) is -1.90. The minimum atomic E-state index is -1.06. The quantitative estimate of drug-likeness (QED) is 0.402. The normalized spacial score (nSPS) is 22.6. The number of nitrogens with zero attached hydrogens (tertiary/aromatic N) is 1. The molecule has 36 heavy (non-hydrogen) atoms. The zero-order valence-corrected chi connectivity index (χ0v) is 21.2. The van der Waals surface area contributed by atoms with Crippen LogP contribution in [0, 0.1) is 11.8 Å². The monoisotopic (exact) mass is 503 g/mol. The highest BCUT2D eigenvalue weighted by molar-refractivity contribution is 6.01. The van der Waals surface area contributed by atoms with Gasteiger partial charge in [0.15, 0.2) is 0 Å². The van der Waals surface area contributed by atoms with Gasteiger partial charge in [0.2, 0.25) is 5.91 Å². The maximum Gasteiger partial charge on any atom is 0.407 e. The number of carboxylic acids is 1. The first-order chi connectivity index (χ1) is 16.9. The first kappa shape index (κ1) is 27.4. The number of nitrogens with one attached hydrogen (secondary N) is 1. The van der Waals surface area contributed by atoms with Crippen LogP contribution in [0.1, 0.15) is 74.4 Å². The summed E-state index contributed by atoms with van der Waals surface area (Å²) in [5, 5.41) is 21.7. The molecule has 0 aromatic heterocycles. The SMILES string of the molecule is CC(C)(C)OC(=O)N[C@H]1CCC(CO)C[C@@H]1Cc1ccc2c(c1)CN(C(CCC(=O)O)C(N)=O)C2=O. The Morgan fingerprint density at radius 2 is 1.97 bits per heavy atom. The molecule has 1 heterocycles. The molecule has 3 rings (SSSR count). The predicted molar refractivity (Wildman–Crippen MR) is 131 cm³/mol. The van der Waals surface area contributed by atoms with Crippen molar-refractivity contribution >= 4 is 23.9 Å². The molecule has 2 aliphatic rings. The van der Waals surface area contributed by atoms with Crippen LogP contribution in [-0.2, 0) is 27.3 Å². The number of primary amides is 1. The second kappa shape index (κ2) is 11.3. The Kier molecular flexibility index (Phi) is 8.60. The molecular weight excluding hydrogens is 466 g/mol. The Morgan fingerprint density at radius 3 is 2.58 bits per heavy atom. The lowest BCUT2D eigenvalue weighted by Crippen LogP contribution is -2.46. The molecule has 5 N–H and O–H groups in total. The van der Waals surface area contributed by atoms with Gasteiger partial charge in [-0.3, -0.25) is 14.4 Å². The number of hydrogen-bond donors (Lipinski definition) is 4. The summed E-state index contributed by atoms with van der Waals surface area (Å²) < 4.78 is 5.44. The number of aliphatic hydroxyl groups excluding tert-OH is 1. The van der Waals surface area contributed by atoms with Gasteiger partial charge in [-0.2, -0.15) is 0 Å². The van der Waals surface area contributed by atoms with Crippen molar-refractivity contribution in [1.82, 2.24) is 10.2 Å². The third-order valence-electron chi connectivity index (χ3n) is 6.89. The molecule has 10 nitrogen and oxygen atoms in total. The van der Waals surface area contributed by atoms with Crippen LogP contribution in [0.2, 0.25) is 0 Å². The molecule has 1 aromatic carbocycles. The fourth-order valence-electron chi connectivity index (χ4n) is 5.19. The van der Waals surface area contributed by atoms with E-state index in [-0.39, 0.29) is 49.8 Å². The van der Waals surface area contributed by atoms with Crippen molar-refractivity contribution in [3.05, 3.63) is 34.9 Å². The second-order valence-electron chi connectivity index (χ2n) is 10.9. The molecule has 3 amide bonds. The molecule has 0 radical (unpaired) electrons. The van der Waals surface area contributed by atoms with Crippen molar-refractivity contribution in [3.8, 4) is 0 Å². The van der Waals surface area contributed by atoms with Gasteiger partial charge < -0.3 is 30.9 Å². The number of benzene rings is 1. The van der Waals surface area contributed by atoms with Crippen molar-refractivity contribution < 1.29 is 34.1 Å². The number of carbonyl (C=O) groups excluding carboxylic acids is 3. The van der Waals surface area contributed by atoms with E-state index in [0.29, 0.717) is 12.0 Å². The molecule has 4 atom stereocenters. The number of aliphatic hydroxyl groups is 1. The van der Waals surface area contributed by atoms with Crippen LogP contribution in [0.5, 0.6) is 0 Å². The van der Waals surface area contributed by atoms with Crippen LogP contribution in [0.25, 0.3) is 0 Å². The molecule has 0 saturated heterocycles. The largest absolute Gasteiger partial charge is 0.481 e. The van der Waals surface area contributed by atoms with Gasteiger partial charge in [-0.1, -0.05) is 12.1 Å². The highest BCUT2D eigenvalue weighted by atomic mass is 16.6. The Morgan fingerprint density at radius 1 is 1.25 bits per heavy atom. The Balaban J connectivity index is 1.74. The van der Waals surface area contributed by atoms with Crippen molar-refractivity contribution in [2.75, 3.05) is 6.61 Å². The minimum absolute atomic E-state index is 0.0418. The van der Waals surface area contributed by atoms with Crippen molar-refractivity contribution in [2.45, 2.75) is 83.5 Å². The van der Waals surface area contributed by atoms with Gasteiger partial charge in [-0.05, 0) is 81.9 Å². The number of amides is 3. The van der Waals surface area contributed by atoms with Gasteiger partial charge in [0.05, 0.1) is 0 Å². The smallest absolute Gasteiger partial charge is 0.407 e. The molecule has 1 aromatic rings. The van der Waals surface area contributed by atoms with Crippen molar-refractivity contribution in [1.29, 1.82) is 0 Å². The summed E-state index contributed by atoms with van der Waals surface area (Å²) in [6.45, 7) is 5.71. The lowest BCUT2D eigenvalue weighted by Gasteiger charge is -2.36. The number of alkyl carbamates (subject to hydrolysis) is 1. The zero-order chi connectivity index (χ0) is 26.6. The summed E-state index contributed by atoms with van der Waals surface area (Å²) in [5.41, 5.74) is 7.08. The highest BCUT2D eigenvalue weighted by Crippen LogP contribution is 2.34. The van der Waals surface area contributed by atoms with Crippen molar-refractivity contribution in [2.24, 2.45) is 17.6 Å². The van der Waals surface area contributed by atoms with Gasteiger partial charge in [0, 0.05) is 31.2 Å². The Labute approximate surface area is 211 Å². The topological polar surface area (TPSA) is 159 Å². The van der Waals surface area contributed by atoms with Gasteiger partial charge in [-0.25, -0.2) is 4.79 Å². The van der Waals surface area contributed by atoms with Crippen LogP contribution in [-0.4, -0.2) is 63.3 Å². The molecule has 2 unspecified atom stereocenters. The van der Waals surface area contributed by atoms with E-state index >= 15 is 0 Å². The lowest BCUT2D eigenvalue weighted by molar-refractivity contribution is -0.137. The van der Waals surface area contributed by atoms with E-state index in [1.807, 2.05) is 32.9 Å². The van der Waals surface area contributed by atoms with Crippen LogP contribution in [0.15, 0.2) is 18.2 Å². The number of rotatable bonds is 9. The average molecular weight is 504 g/mol. The standard InChI is InChI=1S/C26H37N3O7/c1-26(2,3)36-25(35)28-20-7-5-16(14-30)12-17(20)10-15-4-6-19-18(11-15)13-29(24(19)34)21(23(27)33)8-9-22(31)32/h4,6,11,16-17,20-21,30H,5,7-10,12-14H2,1-3H3,(H2,27,33)(H,28,35)(H,31,32)/t16?,17-,20-,21?/m0/s1. The minimum Gasteiger partial charge on any atom is -0.481 e. The fraction of sp³-hybridized carbons (Fsp3) is 0.615. The number of carbonyl (C=O) groups is 4. The summed E-state index contributed by atoms with van der Waals surface area (Å²) in [6.07, 6.45) is 2.16. The van der Waals surface area contributed by atoms with Crippen LogP contribution >= 0.6 is 0 Å². The molecule has 0 bridgehead atoms. The molecule has 1 aliphatic carbocycles. The van der Waals surface area contributed by atoms with E-state index in [4.69, 9.17) is 15.6 Å². The molecule has 1 fully saturated rings. The van der Waals surface area contributed by atoms with Gasteiger partial charge in [-0.15, -0.1) is 0 Å². The van der Waals surface area contributed by atoms with Crippen LogP contribution in [0.4, 0.5) is 4.79 Å². The molecule has 0 spiro atoms. The van der Waals surface area contributed by atoms with E-state index in [9.17, 15) is 24.3 Å². The van der Waals surface area contributed by atoms with Crippen LogP contribution in [0.3, 0.4) is 0 Å². The molecule has 1 aliphatic heterocycles. The maximum atomic E-state index is 12.9. The molecule has 10 heteroatoms. The lowest BCUT2D eigenvalue weighted by atomic mass is 9.75. The first-order valence-corrected chi connectivity index (χ1v) is 12.4. The number of aliphatic carboxylic acids is 1. The zero-order valence-electron chi connectivity index (χ0n) is 21.2. The molecular formula is C26H37N3O7. The van der Waals surface area contributed by atoms with Crippen LogP contribution < -0.4 is 11.1 Å². The fourth-order valence-corrected chi connectivity index (χ4v) is 5.19. The number of ether oxygens (including phenoxy) is 1. The molecule has 1 saturated carbocycles. The predicted octanol–water partition coefficient (Wildman–Crippen LogP) is 2.21. The number of hydrogen-bond acceptors (Lipinski definition) is 6. The number of carboxylic acid groups (broad SMARTS) is 1. The summed E-state index contributed by atoms with van der Waals surface area (Å²) in [6, 6.07) is 4.42. The number of fused-ring (bicyclic) bond motifs is 1. The summed E-state index contributed by atoms with van der Waals surface area (Å²) >= 11 is 0. The van der Waals surface area contributed by atoms with E-state index in [1.165, 1.54) is 4.90 Å². The van der Waals surface area contributed by atoms with E-state index in [2.05, 4.69) is 5.32 Å². The molecule has 198 valence electrons. The van der Waals surface area contributed by atoms with E-state index < -0.39 is 29.6 Å². The van der Waals surface area contributed by atoms with E-state index in [1.54, 1.807) is 6.07 Å². The summed E-state index contributed by atoms with van der Waals surface area (Å²) in [4.78, 5) is 49.6. The third-order valence-corrected chi connectivity index (χ3v) is 6.89. The third kappa shape index (κ3) is 6.96. The maximum absolute atomic E-state index is 12.9. The van der Waals surface area contributed by atoms with Gasteiger partial charge in [0.25, 0.3) is 5.91 Å². The average Bonchev–Trinajstić information content (AvgIpc) is 3.09. The number of nitrogens with two attached hydrogens (primary N) is 1. The van der Waals surface area contributed by atoms with Gasteiger partial charge in [0.1, 0.15) is 11.6 Å². The Bertz CT molecular complexity index is 1000. The van der Waals surface area contributed by atoms with Gasteiger partial charge >= 0.3 is 12.1 Å². The highest BCUT2D eigenvalue weighted by Gasteiger charge is 2.37. The Hall–Kier alpha value is -3.14. The summed E-state index contributed by atoms with van der Waals surface area (Å²) in [7, 11) is 0. The first-order valence-electron chi connectivity index (χ1n) is 12.4. The second-order valence-corrected chi connectivity index (χ2v) is 10.9.